The molecular weight excluding hydrogens is 404 g/mol. The van der Waals surface area contributed by atoms with Crippen molar-refractivity contribution in [1.29, 1.82) is 5.26 Å². The van der Waals surface area contributed by atoms with Gasteiger partial charge in [-0.3, -0.25) is 19.3 Å². The second-order valence-corrected chi connectivity index (χ2v) is 7.79. The fourth-order valence-corrected chi connectivity index (χ4v) is 4.49. The van der Waals surface area contributed by atoms with Crippen molar-refractivity contribution in [3.63, 3.8) is 0 Å². The molecule has 2 aliphatic rings. The van der Waals surface area contributed by atoms with E-state index in [-0.39, 0.29) is 30.9 Å². The van der Waals surface area contributed by atoms with E-state index in [1.54, 1.807) is 48.5 Å². The van der Waals surface area contributed by atoms with Crippen LogP contribution in [0.5, 0.6) is 5.75 Å². The van der Waals surface area contributed by atoms with Crippen molar-refractivity contribution >= 4 is 40.9 Å². The Labute approximate surface area is 177 Å². The maximum atomic E-state index is 13.0. The van der Waals surface area contributed by atoms with Crippen molar-refractivity contribution in [2.75, 3.05) is 35.0 Å². The molecule has 30 heavy (non-hydrogen) atoms. The van der Waals surface area contributed by atoms with Crippen molar-refractivity contribution in [1.82, 2.24) is 4.90 Å². The van der Waals surface area contributed by atoms with Crippen LogP contribution in [0.2, 0.25) is 0 Å². The summed E-state index contributed by atoms with van der Waals surface area (Å²) in [4.78, 5) is 41.0. The van der Waals surface area contributed by atoms with Gasteiger partial charge in [-0.05, 0) is 36.4 Å². The molecule has 0 aromatic heterocycles. The predicted molar refractivity (Wildman–Crippen MR) is 112 cm³/mol. The first-order valence-electron chi connectivity index (χ1n) is 9.27. The number of rotatable bonds is 4. The first-order chi connectivity index (χ1) is 14.6. The zero-order chi connectivity index (χ0) is 21.1. The molecule has 3 amide bonds. The molecule has 0 aliphatic carbocycles. The van der Waals surface area contributed by atoms with Crippen LogP contribution < -0.4 is 15.0 Å². The number of fused-ring (bicyclic) bond motifs is 1. The Morgan fingerprint density at radius 3 is 2.73 bits per heavy atom. The number of carbonyl (C=O) groups excluding carboxylic acids is 3. The quantitative estimate of drug-likeness (QED) is 0.806. The molecule has 1 N–H and O–H groups in total. The Balaban J connectivity index is 1.45. The van der Waals surface area contributed by atoms with Crippen LogP contribution in [-0.2, 0) is 14.4 Å². The van der Waals surface area contributed by atoms with E-state index < -0.39 is 6.04 Å². The van der Waals surface area contributed by atoms with Gasteiger partial charge in [0.05, 0.1) is 23.2 Å². The van der Waals surface area contributed by atoms with Gasteiger partial charge in [-0.1, -0.05) is 12.1 Å². The minimum atomic E-state index is -0.635. The van der Waals surface area contributed by atoms with E-state index in [0.717, 1.165) is 0 Å². The van der Waals surface area contributed by atoms with Gasteiger partial charge in [0.15, 0.2) is 6.61 Å². The maximum absolute atomic E-state index is 13.0. The molecule has 2 heterocycles. The normalized spacial score (nSPS) is 17.7. The second kappa shape index (κ2) is 8.47. The van der Waals surface area contributed by atoms with Gasteiger partial charge in [-0.25, -0.2) is 0 Å². The number of nitrogens with zero attached hydrogens (tertiary/aromatic N) is 3. The predicted octanol–water partition coefficient (Wildman–Crippen LogP) is 1.82. The van der Waals surface area contributed by atoms with Crippen molar-refractivity contribution in [2.45, 2.75) is 6.04 Å². The topological polar surface area (TPSA) is 103 Å². The van der Waals surface area contributed by atoms with E-state index in [2.05, 4.69) is 5.32 Å². The molecule has 0 radical (unpaired) electrons. The Bertz CT molecular complexity index is 1030. The molecular formula is C21H18N4O4S. The highest BCUT2D eigenvalue weighted by Crippen LogP contribution is 2.32. The third kappa shape index (κ3) is 3.95. The van der Waals surface area contributed by atoms with Crippen molar-refractivity contribution in [2.24, 2.45) is 0 Å². The molecule has 1 atom stereocenters. The molecule has 152 valence electrons. The number of anilines is 2. The zero-order valence-corrected chi connectivity index (χ0v) is 16.7. The standard InChI is InChI=1S/C21H18N4O4S/c22-9-14-5-7-15(8-6-14)23-21(28)17-12-30-13-25(17)19(26)10-24-16-3-1-2-4-18(16)29-11-20(24)27/h1-8,17H,10-13H2,(H,23,28). The van der Waals surface area contributed by atoms with E-state index >= 15 is 0 Å². The number of nitriles is 1. The summed E-state index contributed by atoms with van der Waals surface area (Å²) in [6, 6.07) is 15.0. The molecule has 1 fully saturated rings. The molecule has 4 rings (SSSR count). The molecule has 2 aromatic rings. The van der Waals surface area contributed by atoms with E-state index in [0.29, 0.717) is 34.3 Å². The zero-order valence-electron chi connectivity index (χ0n) is 15.9. The van der Waals surface area contributed by atoms with Gasteiger partial charge in [0, 0.05) is 11.4 Å². The van der Waals surface area contributed by atoms with Crippen LogP contribution in [0.15, 0.2) is 48.5 Å². The summed E-state index contributed by atoms with van der Waals surface area (Å²) in [5.74, 6) is 0.506. The second-order valence-electron chi connectivity index (χ2n) is 6.79. The highest BCUT2D eigenvalue weighted by molar-refractivity contribution is 7.99. The summed E-state index contributed by atoms with van der Waals surface area (Å²) in [7, 11) is 0. The summed E-state index contributed by atoms with van der Waals surface area (Å²) in [6.07, 6.45) is 0. The smallest absolute Gasteiger partial charge is 0.265 e. The van der Waals surface area contributed by atoms with Gasteiger partial charge in [0.1, 0.15) is 18.3 Å². The molecule has 8 nitrogen and oxygen atoms in total. The number of thioether (sulfide) groups is 1. The lowest BCUT2D eigenvalue weighted by Crippen LogP contribution is -2.50. The summed E-state index contributed by atoms with van der Waals surface area (Å²) >= 11 is 1.49. The van der Waals surface area contributed by atoms with Crippen LogP contribution in [0.4, 0.5) is 11.4 Å². The number of nitrogens with one attached hydrogen (secondary N) is 1. The fraction of sp³-hybridized carbons (Fsp3) is 0.238. The molecule has 1 saturated heterocycles. The van der Waals surface area contributed by atoms with Crippen LogP contribution in [0, 0.1) is 11.3 Å². The maximum Gasteiger partial charge on any atom is 0.265 e. The number of para-hydroxylation sites is 2. The molecule has 2 aliphatic heterocycles. The third-order valence-corrected chi connectivity index (χ3v) is 5.90. The average molecular weight is 422 g/mol. The monoisotopic (exact) mass is 422 g/mol. The third-order valence-electron chi connectivity index (χ3n) is 4.89. The molecule has 2 aromatic carbocycles. The summed E-state index contributed by atoms with van der Waals surface area (Å²) in [5.41, 5.74) is 1.60. The van der Waals surface area contributed by atoms with Gasteiger partial charge >= 0.3 is 0 Å². The number of carbonyl (C=O) groups is 3. The van der Waals surface area contributed by atoms with Gasteiger partial charge < -0.3 is 15.0 Å². The van der Waals surface area contributed by atoms with E-state index in [1.165, 1.54) is 21.6 Å². The summed E-state index contributed by atoms with van der Waals surface area (Å²) in [5, 5.41) is 11.7. The number of hydrogen-bond acceptors (Lipinski definition) is 6. The Morgan fingerprint density at radius 1 is 1.20 bits per heavy atom. The molecule has 9 heteroatoms. The summed E-state index contributed by atoms with van der Waals surface area (Å²) in [6.45, 7) is -0.276. The Hall–Kier alpha value is -3.51. The van der Waals surface area contributed by atoms with E-state index in [9.17, 15) is 14.4 Å². The molecule has 0 saturated carbocycles. The fourth-order valence-electron chi connectivity index (χ4n) is 3.31. The lowest BCUT2D eigenvalue weighted by Gasteiger charge is -2.31. The molecule has 1 unspecified atom stereocenters. The SMILES string of the molecule is N#Cc1ccc(NC(=O)C2CSCN2C(=O)CN2C(=O)COc3ccccc32)cc1. The highest BCUT2D eigenvalue weighted by atomic mass is 32.2. The van der Waals surface area contributed by atoms with Crippen LogP contribution >= 0.6 is 11.8 Å². The summed E-state index contributed by atoms with van der Waals surface area (Å²) < 4.78 is 5.41. The van der Waals surface area contributed by atoms with E-state index in [1.807, 2.05) is 6.07 Å². The van der Waals surface area contributed by atoms with Gasteiger partial charge in [-0.15, -0.1) is 11.8 Å². The lowest BCUT2D eigenvalue weighted by molar-refractivity contribution is -0.136. The largest absolute Gasteiger partial charge is 0.482 e. The van der Waals surface area contributed by atoms with Crippen LogP contribution in [0.25, 0.3) is 0 Å². The number of hydrogen-bond donors (Lipinski definition) is 1. The van der Waals surface area contributed by atoms with Gasteiger partial charge in [0.25, 0.3) is 5.91 Å². The van der Waals surface area contributed by atoms with Crippen LogP contribution in [0.1, 0.15) is 5.56 Å². The number of amides is 3. The lowest BCUT2D eigenvalue weighted by atomic mass is 10.2. The van der Waals surface area contributed by atoms with Gasteiger partial charge in [-0.2, -0.15) is 5.26 Å². The van der Waals surface area contributed by atoms with Crippen molar-refractivity contribution in [3.05, 3.63) is 54.1 Å². The van der Waals surface area contributed by atoms with E-state index in [4.69, 9.17) is 10.00 Å². The minimum Gasteiger partial charge on any atom is -0.482 e. The first-order valence-corrected chi connectivity index (χ1v) is 10.4. The Kier molecular flexibility index (Phi) is 5.59. The van der Waals surface area contributed by atoms with Gasteiger partial charge in [0.2, 0.25) is 11.8 Å². The average Bonchev–Trinajstić information content (AvgIpc) is 3.26. The first kappa shape index (κ1) is 19.8. The van der Waals surface area contributed by atoms with Crippen molar-refractivity contribution in [3.8, 4) is 11.8 Å². The number of ether oxygens (including phenoxy) is 1. The van der Waals surface area contributed by atoms with Crippen LogP contribution in [0.3, 0.4) is 0 Å². The Morgan fingerprint density at radius 2 is 1.97 bits per heavy atom. The molecule has 0 spiro atoms. The highest BCUT2D eigenvalue weighted by Gasteiger charge is 2.37. The van der Waals surface area contributed by atoms with Crippen molar-refractivity contribution < 1.29 is 19.1 Å². The minimum absolute atomic E-state index is 0.123. The van der Waals surface area contributed by atoms with Crippen LogP contribution in [-0.4, -0.2) is 53.4 Å². The number of benzene rings is 2. The molecule has 0 bridgehead atoms.